The zero-order valence-corrected chi connectivity index (χ0v) is 14.0. The second kappa shape index (κ2) is 6.89. The van der Waals surface area contributed by atoms with Gasteiger partial charge in [0.1, 0.15) is 0 Å². The van der Waals surface area contributed by atoms with Crippen molar-refractivity contribution in [2.45, 2.75) is 19.9 Å². The van der Waals surface area contributed by atoms with Crippen LogP contribution in [0, 0.1) is 6.92 Å². The van der Waals surface area contributed by atoms with Crippen molar-refractivity contribution >= 4 is 28.4 Å². The van der Waals surface area contributed by atoms with Gasteiger partial charge in [0.15, 0.2) is 0 Å². The van der Waals surface area contributed by atoms with Gasteiger partial charge in [0, 0.05) is 22.6 Å². The minimum Gasteiger partial charge on any atom is -0.352 e. The van der Waals surface area contributed by atoms with Gasteiger partial charge in [0.2, 0.25) is 5.91 Å². The fraction of sp³-hybridized carbons (Fsp3) is 0.158. The molecule has 0 atom stereocenters. The van der Waals surface area contributed by atoms with Gasteiger partial charge in [-0.15, -0.1) is 0 Å². The summed E-state index contributed by atoms with van der Waals surface area (Å²) in [4.78, 5) is 27.0. The molecule has 0 unspecified atom stereocenters. The SMILES string of the molecule is Cc1ccc2cc(CNC(=O)Cc3ccc(Cl)cc3)c(=O)[nH]c2c1. The van der Waals surface area contributed by atoms with Gasteiger partial charge in [-0.25, -0.2) is 0 Å². The highest BCUT2D eigenvalue weighted by atomic mass is 35.5. The smallest absolute Gasteiger partial charge is 0.253 e. The molecule has 5 heteroatoms. The molecule has 1 aromatic heterocycles. The monoisotopic (exact) mass is 340 g/mol. The normalized spacial score (nSPS) is 10.8. The largest absolute Gasteiger partial charge is 0.352 e. The summed E-state index contributed by atoms with van der Waals surface area (Å²) in [5.41, 5.74) is 3.12. The molecule has 1 amide bonds. The van der Waals surface area contributed by atoms with Crippen LogP contribution in [0.25, 0.3) is 10.9 Å². The number of halogens is 1. The van der Waals surface area contributed by atoms with Gasteiger partial charge in [0.05, 0.1) is 6.42 Å². The maximum Gasteiger partial charge on any atom is 0.253 e. The Kier molecular flexibility index (Phi) is 4.67. The van der Waals surface area contributed by atoms with E-state index in [2.05, 4.69) is 10.3 Å². The predicted octanol–water partition coefficient (Wildman–Crippen LogP) is 3.35. The summed E-state index contributed by atoms with van der Waals surface area (Å²) in [6.45, 7) is 2.17. The molecular formula is C19H17ClN2O2. The first-order chi connectivity index (χ1) is 11.5. The van der Waals surface area contributed by atoms with E-state index in [1.165, 1.54) is 0 Å². The third kappa shape index (κ3) is 3.84. The lowest BCUT2D eigenvalue weighted by molar-refractivity contribution is -0.120. The van der Waals surface area contributed by atoms with Crippen LogP contribution < -0.4 is 10.9 Å². The fourth-order valence-electron chi connectivity index (χ4n) is 2.54. The molecule has 0 spiro atoms. The van der Waals surface area contributed by atoms with Crippen molar-refractivity contribution in [1.82, 2.24) is 10.3 Å². The number of hydrogen-bond acceptors (Lipinski definition) is 2. The number of benzene rings is 2. The van der Waals surface area contributed by atoms with E-state index in [0.29, 0.717) is 10.6 Å². The molecule has 0 aliphatic carbocycles. The second-order valence-electron chi connectivity index (χ2n) is 5.79. The lowest BCUT2D eigenvalue weighted by atomic mass is 10.1. The van der Waals surface area contributed by atoms with E-state index < -0.39 is 0 Å². The Hall–Kier alpha value is -2.59. The van der Waals surface area contributed by atoms with E-state index in [1.807, 2.05) is 43.3 Å². The van der Waals surface area contributed by atoms with Crippen molar-refractivity contribution < 1.29 is 4.79 Å². The van der Waals surface area contributed by atoms with Gasteiger partial charge in [-0.05, 0) is 47.7 Å². The molecule has 0 aliphatic rings. The zero-order valence-electron chi connectivity index (χ0n) is 13.2. The fourth-order valence-corrected chi connectivity index (χ4v) is 2.66. The van der Waals surface area contributed by atoms with E-state index in [0.717, 1.165) is 22.0 Å². The number of carbonyl (C=O) groups is 1. The van der Waals surface area contributed by atoms with E-state index in [-0.39, 0.29) is 24.4 Å². The lowest BCUT2D eigenvalue weighted by Gasteiger charge is -2.07. The molecule has 24 heavy (non-hydrogen) atoms. The summed E-state index contributed by atoms with van der Waals surface area (Å²) in [5, 5.41) is 4.37. The lowest BCUT2D eigenvalue weighted by Crippen LogP contribution is -2.27. The molecule has 1 heterocycles. The Morgan fingerprint density at radius 2 is 1.88 bits per heavy atom. The maximum atomic E-state index is 12.1. The van der Waals surface area contributed by atoms with Crippen LogP contribution in [0.4, 0.5) is 0 Å². The number of rotatable bonds is 4. The second-order valence-corrected chi connectivity index (χ2v) is 6.23. The highest BCUT2D eigenvalue weighted by Crippen LogP contribution is 2.13. The van der Waals surface area contributed by atoms with Crippen molar-refractivity contribution in [2.24, 2.45) is 0 Å². The van der Waals surface area contributed by atoms with Gasteiger partial charge < -0.3 is 10.3 Å². The number of hydrogen-bond donors (Lipinski definition) is 2. The van der Waals surface area contributed by atoms with Crippen molar-refractivity contribution in [2.75, 3.05) is 0 Å². The number of fused-ring (bicyclic) bond motifs is 1. The predicted molar refractivity (Wildman–Crippen MR) is 96.3 cm³/mol. The number of H-pyrrole nitrogens is 1. The van der Waals surface area contributed by atoms with E-state index in [1.54, 1.807) is 12.1 Å². The Labute approximate surface area is 144 Å². The molecule has 4 nitrogen and oxygen atoms in total. The van der Waals surface area contributed by atoms with Gasteiger partial charge >= 0.3 is 0 Å². The van der Waals surface area contributed by atoms with Crippen LogP contribution in [-0.4, -0.2) is 10.9 Å². The number of nitrogens with one attached hydrogen (secondary N) is 2. The van der Waals surface area contributed by atoms with Crippen LogP contribution >= 0.6 is 11.6 Å². The first-order valence-corrected chi connectivity index (χ1v) is 8.03. The van der Waals surface area contributed by atoms with Crippen molar-refractivity contribution in [1.29, 1.82) is 0 Å². The van der Waals surface area contributed by atoms with Crippen LogP contribution in [0.15, 0.2) is 53.3 Å². The van der Waals surface area contributed by atoms with Crippen molar-refractivity contribution in [3.63, 3.8) is 0 Å². The molecule has 0 radical (unpaired) electrons. The maximum absolute atomic E-state index is 12.1. The molecule has 2 aromatic carbocycles. The third-order valence-corrected chi connectivity index (χ3v) is 4.08. The summed E-state index contributed by atoms with van der Waals surface area (Å²) in [5.74, 6) is -0.138. The highest BCUT2D eigenvalue weighted by Gasteiger charge is 2.07. The topological polar surface area (TPSA) is 62.0 Å². The molecule has 0 fully saturated rings. The molecular weight excluding hydrogens is 324 g/mol. The number of aromatic nitrogens is 1. The molecule has 0 bridgehead atoms. The van der Waals surface area contributed by atoms with Crippen LogP contribution in [-0.2, 0) is 17.8 Å². The Morgan fingerprint density at radius 3 is 2.62 bits per heavy atom. The van der Waals surface area contributed by atoms with E-state index in [9.17, 15) is 9.59 Å². The molecule has 122 valence electrons. The first-order valence-electron chi connectivity index (χ1n) is 7.65. The number of amides is 1. The van der Waals surface area contributed by atoms with Crippen LogP contribution in [0.3, 0.4) is 0 Å². The molecule has 3 aromatic rings. The van der Waals surface area contributed by atoms with Crippen LogP contribution in [0.5, 0.6) is 0 Å². The van der Waals surface area contributed by atoms with Gasteiger partial charge in [-0.2, -0.15) is 0 Å². The number of aromatic amines is 1. The third-order valence-electron chi connectivity index (χ3n) is 3.83. The minimum absolute atomic E-state index is 0.138. The van der Waals surface area contributed by atoms with Gasteiger partial charge in [-0.3, -0.25) is 9.59 Å². The summed E-state index contributed by atoms with van der Waals surface area (Å²) in [7, 11) is 0. The van der Waals surface area contributed by atoms with Crippen LogP contribution in [0.1, 0.15) is 16.7 Å². The molecule has 3 rings (SSSR count). The van der Waals surface area contributed by atoms with Gasteiger partial charge in [0.25, 0.3) is 5.56 Å². The zero-order chi connectivity index (χ0) is 17.1. The van der Waals surface area contributed by atoms with Gasteiger partial charge in [-0.1, -0.05) is 35.9 Å². The Bertz CT molecular complexity index is 946. The molecule has 2 N–H and O–H groups in total. The number of carbonyl (C=O) groups excluding carboxylic acids is 1. The average molecular weight is 341 g/mol. The van der Waals surface area contributed by atoms with E-state index in [4.69, 9.17) is 11.6 Å². The quantitative estimate of drug-likeness (QED) is 0.765. The molecule has 0 saturated heterocycles. The highest BCUT2D eigenvalue weighted by molar-refractivity contribution is 6.30. The number of pyridine rings is 1. The van der Waals surface area contributed by atoms with Crippen LogP contribution in [0.2, 0.25) is 5.02 Å². The summed E-state index contributed by atoms with van der Waals surface area (Å²) >= 11 is 5.83. The summed E-state index contributed by atoms with van der Waals surface area (Å²) in [6.07, 6.45) is 0.252. The number of aryl methyl sites for hydroxylation is 1. The Morgan fingerprint density at radius 1 is 1.12 bits per heavy atom. The van der Waals surface area contributed by atoms with Crippen molar-refractivity contribution in [3.05, 3.63) is 80.6 Å². The summed E-state index contributed by atoms with van der Waals surface area (Å²) < 4.78 is 0. The first kappa shape index (κ1) is 16.3. The summed E-state index contributed by atoms with van der Waals surface area (Å²) in [6, 6.07) is 14.8. The minimum atomic E-state index is -0.181. The molecule has 0 aliphatic heterocycles. The Balaban J connectivity index is 1.69. The average Bonchev–Trinajstić information content (AvgIpc) is 2.55. The molecule has 0 saturated carbocycles. The standard InChI is InChI=1S/C19H17ClN2O2/c1-12-2-5-14-10-15(19(24)22-17(14)8-12)11-21-18(23)9-13-3-6-16(20)7-4-13/h2-8,10H,9,11H2,1H3,(H,21,23)(H,22,24). The van der Waals surface area contributed by atoms with Crippen molar-refractivity contribution in [3.8, 4) is 0 Å². The van der Waals surface area contributed by atoms with E-state index >= 15 is 0 Å².